The summed E-state index contributed by atoms with van der Waals surface area (Å²) < 4.78 is 4.39. The first-order valence-electron chi connectivity index (χ1n) is 18.7. The fourth-order valence-electron chi connectivity index (χ4n) is 8.22. The summed E-state index contributed by atoms with van der Waals surface area (Å²) in [5, 5.41) is 23.0. The van der Waals surface area contributed by atoms with Gasteiger partial charge in [0, 0.05) is 22.1 Å². The summed E-state index contributed by atoms with van der Waals surface area (Å²) in [6, 6.07) is 61.7. The highest BCUT2D eigenvalue weighted by Crippen LogP contribution is 2.39. The number of nitriles is 2. The van der Waals surface area contributed by atoms with Crippen molar-refractivity contribution in [1.29, 1.82) is 10.5 Å². The van der Waals surface area contributed by atoms with Gasteiger partial charge in [-0.05, 0) is 147 Å². The summed E-state index contributed by atoms with van der Waals surface area (Å²) >= 11 is 0. The molecule has 0 amide bonds. The summed E-state index contributed by atoms with van der Waals surface area (Å²) in [4.78, 5) is 7.33. The van der Waals surface area contributed by atoms with E-state index in [0.717, 1.165) is 88.4 Å². The van der Waals surface area contributed by atoms with Gasteiger partial charge in [0.05, 0.1) is 58.5 Å². The predicted octanol–water partition coefficient (Wildman–Crippen LogP) is 13.7. The first kappa shape index (κ1) is 33.9. The van der Waals surface area contributed by atoms with Crippen LogP contribution in [0.5, 0.6) is 0 Å². The Hall–Kier alpha value is -8.68. The average molecular weight is 737 g/mol. The van der Waals surface area contributed by atoms with E-state index in [9.17, 15) is 10.5 Å². The molecule has 8 aromatic carbocycles. The molecule has 6 nitrogen and oxygen atoms in total. The van der Waals surface area contributed by atoms with Crippen molar-refractivity contribution >= 4 is 55.0 Å². The van der Waals surface area contributed by atoms with Crippen LogP contribution in [0.25, 0.3) is 98.1 Å². The minimum Gasteiger partial charge on any atom is -0.309 e. The molecule has 0 N–H and O–H groups in total. The molecule has 0 aliphatic rings. The van der Waals surface area contributed by atoms with Crippen molar-refractivity contribution in [3.63, 3.8) is 0 Å². The monoisotopic (exact) mass is 736 g/mol. The van der Waals surface area contributed by atoms with Crippen LogP contribution in [-0.4, -0.2) is 9.13 Å². The molecule has 0 bridgehead atoms. The number of aromatic nitrogens is 2. The molecule has 0 atom stereocenters. The van der Waals surface area contributed by atoms with Gasteiger partial charge in [0.25, 0.3) is 0 Å². The molecule has 0 spiro atoms. The Morgan fingerprint density at radius 3 is 1.10 bits per heavy atom. The molecule has 0 aliphatic carbocycles. The Bertz CT molecular complexity index is 3110. The number of fused-ring (bicyclic) bond motifs is 6. The molecule has 10 rings (SSSR count). The highest BCUT2D eigenvalue weighted by molar-refractivity contribution is 6.12. The quantitative estimate of drug-likeness (QED) is 0.165. The smallest absolute Gasteiger partial charge is 0.188 e. The lowest BCUT2D eigenvalue weighted by molar-refractivity contribution is 1.18. The molecular formula is C52H28N6. The third kappa shape index (κ3) is 5.54. The Labute approximate surface area is 334 Å². The van der Waals surface area contributed by atoms with Gasteiger partial charge >= 0.3 is 0 Å². The molecule has 10 aromatic rings. The van der Waals surface area contributed by atoms with Crippen LogP contribution < -0.4 is 0 Å². The lowest BCUT2D eigenvalue weighted by Crippen LogP contribution is -1.94. The van der Waals surface area contributed by atoms with Gasteiger partial charge in [-0.15, -0.1) is 0 Å². The normalized spacial score (nSPS) is 11.0. The zero-order chi connectivity index (χ0) is 39.3. The molecule has 0 saturated carbocycles. The van der Waals surface area contributed by atoms with Crippen molar-refractivity contribution in [1.82, 2.24) is 9.13 Å². The van der Waals surface area contributed by atoms with Crippen LogP contribution in [-0.2, 0) is 0 Å². The van der Waals surface area contributed by atoms with Crippen LogP contribution in [0.2, 0.25) is 0 Å². The molecular weight excluding hydrogens is 709 g/mol. The van der Waals surface area contributed by atoms with Crippen LogP contribution in [0, 0.1) is 35.8 Å². The summed E-state index contributed by atoms with van der Waals surface area (Å²) in [6.07, 6.45) is 0. The zero-order valence-corrected chi connectivity index (χ0v) is 30.8. The van der Waals surface area contributed by atoms with Crippen molar-refractivity contribution in [2.45, 2.75) is 0 Å². The third-order valence-electron chi connectivity index (χ3n) is 11.0. The van der Waals surface area contributed by atoms with E-state index in [1.165, 1.54) is 0 Å². The molecule has 266 valence electrons. The molecule has 0 radical (unpaired) electrons. The van der Waals surface area contributed by atoms with Crippen LogP contribution >= 0.6 is 0 Å². The second-order valence-corrected chi connectivity index (χ2v) is 14.2. The second kappa shape index (κ2) is 13.6. The van der Waals surface area contributed by atoms with E-state index >= 15 is 0 Å². The minimum atomic E-state index is 0.566. The molecule has 6 heteroatoms. The van der Waals surface area contributed by atoms with Crippen LogP contribution in [0.15, 0.2) is 170 Å². The number of hydrogen-bond acceptors (Lipinski definition) is 2. The van der Waals surface area contributed by atoms with Gasteiger partial charge in [-0.2, -0.15) is 10.5 Å². The van der Waals surface area contributed by atoms with E-state index in [2.05, 4.69) is 122 Å². The zero-order valence-electron chi connectivity index (χ0n) is 30.8. The van der Waals surface area contributed by atoms with Crippen molar-refractivity contribution in [2.24, 2.45) is 0 Å². The molecule has 0 aliphatic heterocycles. The van der Waals surface area contributed by atoms with Crippen LogP contribution in [0.4, 0.5) is 11.4 Å². The van der Waals surface area contributed by atoms with Crippen molar-refractivity contribution in [3.8, 4) is 56.9 Å². The highest BCUT2D eigenvalue weighted by atomic mass is 15.0. The Balaban J connectivity index is 1.07. The topological polar surface area (TPSA) is 66.2 Å². The van der Waals surface area contributed by atoms with E-state index in [4.69, 9.17) is 13.1 Å². The lowest BCUT2D eigenvalue weighted by atomic mass is 9.93. The van der Waals surface area contributed by atoms with Gasteiger partial charge in [-0.1, -0.05) is 66.7 Å². The van der Waals surface area contributed by atoms with Gasteiger partial charge in [0.1, 0.15) is 0 Å². The molecule has 58 heavy (non-hydrogen) atoms. The number of nitrogens with zero attached hydrogens (tertiary/aromatic N) is 6. The maximum absolute atomic E-state index is 9.64. The van der Waals surface area contributed by atoms with Crippen LogP contribution in [0.3, 0.4) is 0 Å². The Morgan fingerprint density at radius 2 is 0.724 bits per heavy atom. The van der Waals surface area contributed by atoms with Crippen LogP contribution in [0.1, 0.15) is 11.1 Å². The van der Waals surface area contributed by atoms with Gasteiger partial charge in [-0.3, -0.25) is 0 Å². The number of hydrogen-bond donors (Lipinski definition) is 0. The fourth-order valence-corrected chi connectivity index (χ4v) is 8.22. The Morgan fingerprint density at radius 1 is 0.362 bits per heavy atom. The number of benzene rings is 8. The summed E-state index contributed by atoms with van der Waals surface area (Å²) in [6.45, 7) is 15.2. The van der Waals surface area contributed by atoms with Gasteiger partial charge in [0.2, 0.25) is 0 Å². The standard InChI is InChI=1S/C52H28N6/c1-55-41-14-22-51-47(29-41)48-30-42(56-2)15-23-52(48)58(51)44-18-12-37(13-19-44)40-27-38(35-6-4-3-5-7-35)26-39(28-40)36-10-16-43(17-11-36)57-49-20-8-33(31-53)24-45(49)46-25-34(32-54)9-21-50(46)57/h3-30H. The van der Waals surface area contributed by atoms with Gasteiger partial charge in [-0.25, -0.2) is 9.69 Å². The van der Waals surface area contributed by atoms with E-state index in [0.29, 0.717) is 22.5 Å². The van der Waals surface area contributed by atoms with Gasteiger partial charge < -0.3 is 9.13 Å². The molecule has 0 unspecified atom stereocenters. The second-order valence-electron chi connectivity index (χ2n) is 14.2. The van der Waals surface area contributed by atoms with E-state index < -0.39 is 0 Å². The lowest BCUT2D eigenvalue weighted by Gasteiger charge is -2.14. The van der Waals surface area contributed by atoms with Crippen molar-refractivity contribution < 1.29 is 0 Å². The molecule has 0 fully saturated rings. The Kier molecular flexibility index (Phi) is 7.92. The minimum absolute atomic E-state index is 0.566. The van der Waals surface area contributed by atoms with Gasteiger partial charge in [0.15, 0.2) is 11.4 Å². The third-order valence-corrected chi connectivity index (χ3v) is 11.0. The molecule has 2 heterocycles. The first-order valence-corrected chi connectivity index (χ1v) is 18.7. The molecule has 0 saturated heterocycles. The SMILES string of the molecule is [C-]#[N+]c1ccc2c(c1)c1cc([N+]#[C-])ccc1n2-c1ccc(-c2cc(-c3ccccc3)cc(-c3ccc(-n4c5ccc(C#N)cc5c5cc(C#N)ccc54)cc3)c2)cc1. The van der Waals surface area contributed by atoms with E-state index in [-0.39, 0.29) is 0 Å². The number of rotatable bonds is 5. The fraction of sp³-hybridized carbons (Fsp3) is 0. The summed E-state index contributed by atoms with van der Waals surface area (Å²) in [7, 11) is 0. The predicted molar refractivity (Wildman–Crippen MR) is 233 cm³/mol. The largest absolute Gasteiger partial charge is 0.309 e. The highest BCUT2D eigenvalue weighted by Gasteiger charge is 2.16. The maximum atomic E-state index is 9.64. The molecule has 2 aromatic heterocycles. The van der Waals surface area contributed by atoms with Crippen molar-refractivity contribution in [3.05, 3.63) is 204 Å². The maximum Gasteiger partial charge on any atom is 0.188 e. The first-order chi connectivity index (χ1) is 28.5. The van der Waals surface area contributed by atoms with Crippen molar-refractivity contribution in [2.75, 3.05) is 0 Å². The summed E-state index contributed by atoms with van der Waals surface area (Å²) in [5.41, 5.74) is 14.7. The average Bonchev–Trinajstić information content (AvgIpc) is 3.80. The van der Waals surface area contributed by atoms with E-state index in [1.54, 1.807) is 0 Å². The summed E-state index contributed by atoms with van der Waals surface area (Å²) in [5.74, 6) is 0. The van der Waals surface area contributed by atoms with E-state index in [1.807, 2.05) is 78.9 Å².